The van der Waals surface area contributed by atoms with E-state index in [9.17, 15) is 24.4 Å². The molecule has 0 aliphatic carbocycles. The summed E-state index contributed by atoms with van der Waals surface area (Å²) >= 11 is 0. The molecular formula is C21H15N5O4. The van der Waals surface area contributed by atoms with Crippen molar-refractivity contribution in [2.24, 2.45) is 0 Å². The van der Waals surface area contributed by atoms with Crippen LogP contribution in [0.2, 0.25) is 0 Å². The normalized spacial score (nSPS) is 12.8. The van der Waals surface area contributed by atoms with Crippen molar-refractivity contribution in [3.63, 3.8) is 0 Å². The molecule has 2 aromatic heterocycles. The minimum atomic E-state index is -0.839. The monoisotopic (exact) mass is 401 g/mol. The Morgan fingerprint density at radius 2 is 1.63 bits per heavy atom. The van der Waals surface area contributed by atoms with Gasteiger partial charge < -0.3 is 0 Å². The molecule has 0 radical (unpaired) electrons. The van der Waals surface area contributed by atoms with E-state index in [4.69, 9.17) is 0 Å². The second-order valence-electron chi connectivity index (χ2n) is 6.81. The maximum atomic E-state index is 13.4. The molecule has 1 aromatic carbocycles. The molecule has 1 aliphatic rings. The van der Waals surface area contributed by atoms with Crippen LogP contribution in [0.4, 0.5) is 5.69 Å². The van der Waals surface area contributed by atoms with Crippen LogP contribution in [-0.2, 0) is 6.54 Å². The van der Waals surface area contributed by atoms with Gasteiger partial charge in [-0.15, -0.1) is 0 Å². The van der Waals surface area contributed by atoms with E-state index in [1.807, 2.05) is 6.07 Å². The number of carbonyl (C=O) groups excluding carboxylic acids is 2. The maximum absolute atomic E-state index is 13.4. The Labute approximate surface area is 170 Å². The average molecular weight is 401 g/mol. The minimum absolute atomic E-state index is 0.0536. The number of nitriles is 1. The van der Waals surface area contributed by atoms with Gasteiger partial charge in [0.15, 0.2) is 0 Å². The van der Waals surface area contributed by atoms with Crippen LogP contribution in [0, 0.1) is 25.2 Å². The summed E-state index contributed by atoms with van der Waals surface area (Å²) < 4.78 is 1.88. The van der Waals surface area contributed by atoms with Gasteiger partial charge in [-0.25, -0.2) is 14.3 Å². The summed E-state index contributed by atoms with van der Waals surface area (Å²) in [5.41, 5.74) is -0.592. The lowest BCUT2D eigenvalue weighted by atomic mass is 10.1. The van der Waals surface area contributed by atoms with Gasteiger partial charge in [-0.2, -0.15) is 5.26 Å². The molecule has 9 nitrogen and oxygen atoms in total. The fourth-order valence-corrected chi connectivity index (χ4v) is 3.54. The molecule has 0 fully saturated rings. The second kappa shape index (κ2) is 6.93. The van der Waals surface area contributed by atoms with Crippen molar-refractivity contribution in [1.82, 2.24) is 14.1 Å². The van der Waals surface area contributed by atoms with Gasteiger partial charge in [0.05, 0.1) is 34.8 Å². The molecular weight excluding hydrogens is 386 g/mol. The summed E-state index contributed by atoms with van der Waals surface area (Å²) in [6.45, 7) is 2.81. The van der Waals surface area contributed by atoms with Crippen LogP contribution in [0.5, 0.6) is 0 Å². The summed E-state index contributed by atoms with van der Waals surface area (Å²) in [5, 5.41) is 9.19. The number of rotatable bonds is 3. The average Bonchev–Trinajstić information content (AvgIpc) is 2.97. The van der Waals surface area contributed by atoms with Gasteiger partial charge in [0.25, 0.3) is 17.4 Å². The maximum Gasteiger partial charge on any atom is 0.336 e. The molecule has 0 saturated carbocycles. The highest BCUT2D eigenvalue weighted by atomic mass is 16.2. The number of nitrogens with zero attached hydrogens (tertiary/aromatic N) is 5. The van der Waals surface area contributed by atoms with E-state index in [1.54, 1.807) is 31.3 Å². The van der Waals surface area contributed by atoms with Crippen LogP contribution in [0.25, 0.3) is 5.69 Å². The summed E-state index contributed by atoms with van der Waals surface area (Å²) in [5.74, 6) is -1.32. The highest BCUT2D eigenvalue weighted by molar-refractivity contribution is 6.34. The topological polar surface area (TPSA) is 118 Å². The number of anilines is 1. The van der Waals surface area contributed by atoms with Gasteiger partial charge in [0.2, 0.25) is 0 Å². The Kier molecular flexibility index (Phi) is 4.39. The van der Waals surface area contributed by atoms with Gasteiger partial charge in [0.1, 0.15) is 12.2 Å². The Hall–Kier alpha value is -4.32. The zero-order chi connectivity index (χ0) is 21.6. The predicted molar refractivity (Wildman–Crippen MR) is 107 cm³/mol. The van der Waals surface area contributed by atoms with E-state index in [0.29, 0.717) is 5.56 Å². The highest BCUT2D eigenvalue weighted by Gasteiger charge is 2.39. The lowest BCUT2D eigenvalue weighted by Gasteiger charge is -2.20. The van der Waals surface area contributed by atoms with Crippen molar-refractivity contribution >= 4 is 17.5 Å². The summed E-state index contributed by atoms with van der Waals surface area (Å²) in [4.78, 5) is 57.1. The Morgan fingerprint density at radius 3 is 2.20 bits per heavy atom. The molecule has 2 amide bonds. The van der Waals surface area contributed by atoms with E-state index >= 15 is 0 Å². The lowest BCUT2D eigenvalue weighted by Crippen LogP contribution is -2.45. The Morgan fingerprint density at radius 1 is 1.00 bits per heavy atom. The third kappa shape index (κ3) is 2.66. The van der Waals surface area contributed by atoms with Crippen LogP contribution in [0.1, 0.15) is 32.0 Å². The zero-order valence-corrected chi connectivity index (χ0v) is 16.1. The highest BCUT2D eigenvalue weighted by Crippen LogP contribution is 2.28. The van der Waals surface area contributed by atoms with Crippen LogP contribution in [0.3, 0.4) is 0 Å². The number of imide groups is 1. The van der Waals surface area contributed by atoms with Gasteiger partial charge in [-0.1, -0.05) is 12.1 Å². The molecule has 0 saturated heterocycles. The number of aryl methyl sites for hydroxylation is 1. The third-order valence-electron chi connectivity index (χ3n) is 4.94. The molecule has 3 heterocycles. The fourth-order valence-electron chi connectivity index (χ4n) is 3.54. The van der Waals surface area contributed by atoms with E-state index in [0.717, 1.165) is 14.0 Å². The van der Waals surface area contributed by atoms with E-state index in [2.05, 4.69) is 4.98 Å². The molecule has 0 bridgehead atoms. The summed E-state index contributed by atoms with van der Waals surface area (Å²) in [6.07, 6.45) is 2.88. The lowest BCUT2D eigenvalue weighted by molar-refractivity contribution is 0.0925. The van der Waals surface area contributed by atoms with Crippen LogP contribution >= 0.6 is 0 Å². The smallest absolute Gasteiger partial charge is 0.282 e. The molecule has 0 unspecified atom stereocenters. The van der Waals surface area contributed by atoms with Crippen molar-refractivity contribution in [2.45, 2.75) is 20.4 Å². The van der Waals surface area contributed by atoms with Crippen molar-refractivity contribution in [3.8, 4) is 11.8 Å². The molecule has 148 valence electrons. The number of aromatic nitrogens is 3. The fraction of sp³-hybridized carbons (Fsp3) is 0.143. The van der Waals surface area contributed by atoms with E-state index in [1.165, 1.54) is 25.3 Å². The third-order valence-corrected chi connectivity index (χ3v) is 4.94. The summed E-state index contributed by atoms with van der Waals surface area (Å²) in [6, 6.07) is 9.69. The minimum Gasteiger partial charge on any atom is -0.282 e. The van der Waals surface area contributed by atoms with Crippen LogP contribution < -0.4 is 16.1 Å². The number of fused-ring (bicyclic) bond motifs is 1. The number of benzene rings is 1. The summed E-state index contributed by atoms with van der Waals surface area (Å²) in [7, 11) is 0. The first-order chi connectivity index (χ1) is 14.4. The first-order valence-electron chi connectivity index (χ1n) is 9.00. The predicted octanol–water partition coefficient (Wildman–Crippen LogP) is 1.34. The molecule has 3 aromatic rings. The quantitative estimate of drug-likeness (QED) is 0.611. The Balaban J connectivity index is 2.06. The number of hydrogen-bond donors (Lipinski definition) is 0. The zero-order valence-electron chi connectivity index (χ0n) is 16.1. The Bertz CT molecular complexity index is 1360. The number of pyridine rings is 1. The van der Waals surface area contributed by atoms with Crippen molar-refractivity contribution in [3.05, 3.63) is 85.9 Å². The van der Waals surface area contributed by atoms with Crippen molar-refractivity contribution < 1.29 is 9.59 Å². The van der Waals surface area contributed by atoms with Crippen molar-refractivity contribution in [1.29, 1.82) is 5.26 Å². The van der Waals surface area contributed by atoms with Gasteiger partial charge in [0, 0.05) is 6.20 Å². The standard InChI is InChI=1S/C21H15N5O4/c1-12-9-14(11-23-10-12)25-20(29)17(13(2)24(8-7-22)21(25)30)26-18(27)15-5-3-4-6-16(15)19(26)28/h3-6,9-11H,8H2,1-2H3. The van der Waals surface area contributed by atoms with Gasteiger partial charge in [-0.05, 0) is 37.6 Å². The first-order valence-corrected chi connectivity index (χ1v) is 9.00. The SMILES string of the molecule is Cc1cncc(-n2c(=O)c(N3C(=O)c4ccccc4C3=O)c(C)n(CC#N)c2=O)c1. The molecule has 0 spiro atoms. The van der Waals surface area contributed by atoms with Crippen LogP contribution in [0.15, 0.2) is 52.3 Å². The molecule has 0 atom stereocenters. The first kappa shape index (κ1) is 19.0. The van der Waals surface area contributed by atoms with E-state index < -0.39 is 23.1 Å². The van der Waals surface area contributed by atoms with E-state index in [-0.39, 0.29) is 34.7 Å². The second-order valence-corrected chi connectivity index (χ2v) is 6.81. The number of carbonyl (C=O) groups is 2. The molecule has 4 rings (SSSR count). The largest absolute Gasteiger partial charge is 0.336 e. The van der Waals surface area contributed by atoms with Crippen LogP contribution in [-0.4, -0.2) is 25.9 Å². The number of hydrogen-bond acceptors (Lipinski definition) is 6. The molecule has 1 aliphatic heterocycles. The molecule has 30 heavy (non-hydrogen) atoms. The van der Waals surface area contributed by atoms with Crippen molar-refractivity contribution in [2.75, 3.05) is 4.90 Å². The molecule has 0 N–H and O–H groups in total. The van der Waals surface area contributed by atoms with Gasteiger partial charge in [-0.3, -0.25) is 23.9 Å². The van der Waals surface area contributed by atoms with Gasteiger partial charge >= 0.3 is 5.69 Å². The number of amides is 2. The molecule has 9 heteroatoms.